The van der Waals surface area contributed by atoms with Crippen LogP contribution in [0.1, 0.15) is 5.56 Å². The number of aromatic nitrogens is 3. The highest BCUT2D eigenvalue weighted by Gasteiger charge is 2.33. The van der Waals surface area contributed by atoms with Crippen molar-refractivity contribution >= 4 is 17.1 Å². The van der Waals surface area contributed by atoms with Crippen LogP contribution in [0.2, 0.25) is 0 Å². The molecule has 0 aliphatic carbocycles. The van der Waals surface area contributed by atoms with Crippen molar-refractivity contribution < 1.29 is 9.13 Å². The Hall–Kier alpha value is -4.31. The van der Waals surface area contributed by atoms with Gasteiger partial charge in [0.05, 0.1) is 11.3 Å². The van der Waals surface area contributed by atoms with E-state index in [-0.39, 0.29) is 0 Å². The Morgan fingerprint density at radius 2 is 1.36 bits per heavy atom. The first-order valence-corrected chi connectivity index (χ1v) is 11.1. The summed E-state index contributed by atoms with van der Waals surface area (Å²) in [5.41, 5.74) is 10.5. The lowest BCUT2D eigenvalue weighted by atomic mass is 9.97. The molecular weight excluding hydrogens is 404 g/mol. The molecule has 5 aromatic rings. The van der Waals surface area contributed by atoms with E-state index in [2.05, 4.69) is 130 Å². The fourth-order valence-corrected chi connectivity index (χ4v) is 4.88. The van der Waals surface area contributed by atoms with Crippen LogP contribution in [0.3, 0.4) is 0 Å². The number of hydrogen-bond donors (Lipinski definition) is 0. The Morgan fingerprint density at radius 1 is 0.667 bits per heavy atom. The molecule has 4 heterocycles. The molecule has 3 aromatic heterocycles. The lowest BCUT2D eigenvalue weighted by Gasteiger charge is -2.30. The van der Waals surface area contributed by atoms with Crippen LogP contribution >= 0.6 is 0 Å². The van der Waals surface area contributed by atoms with Crippen LogP contribution in [0.5, 0.6) is 0 Å². The van der Waals surface area contributed by atoms with Gasteiger partial charge in [-0.25, -0.2) is 4.57 Å². The van der Waals surface area contributed by atoms with Crippen molar-refractivity contribution in [2.75, 3.05) is 4.90 Å². The van der Waals surface area contributed by atoms with Gasteiger partial charge >= 0.3 is 0 Å². The third-order valence-electron chi connectivity index (χ3n) is 6.43. The van der Waals surface area contributed by atoms with Gasteiger partial charge in [-0.3, -0.25) is 4.98 Å². The standard InChI is InChI=1S/C29H24N4/c1-21-23-9-7-13-25(21)33(22-15-17-30-18-16-22)28-14-8-10-24(26-11-3-5-19-31(26)2)29(28)32-20-6-4-12-27(23)32/h3-20H,1-2H3/q+2. The van der Waals surface area contributed by atoms with Crippen molar-refractivity contribution in [3.05, 3.63) is 115 Å². The summed E-state index contributed by atoms with van der Waals surface area (Å²) in [6.07, 6.45) is 7.98. The molecule has 0 saturated heterocycles. The number of aryl methyl sites for hydroxylation is 1. The van der Waals surface area contributed by atoms with E-state index < -0.39 is 0 Å². The Balaban J connectivity index is 1.79. The van der Waals surface area contributed by atoms with E-state index in [1.807, 2.05) is 12.4 Å². The highest BCUT2D eigenvalue weighted by atomic mass is 15.2. The zero-order valence-electron chi connectivity index (χ0n) is 18.7. The first-order chi connectivity index (χ1) is 16.2. The summed E-state index contributed by atoms with van der Waals surface area (Å²) < 4.78 is 4.51. The van der Waals surface area contributed by atoms with E-state index in [1.54, 1.807) is 0 Å². The number of benzene rings is 2. The fraction of sp³-hybridized carbons (Fsp3) is 0.0690. The summed E-state index contributed by atoms with van der Waals surface area (Å²) in [5.74, 6) is 0. The predicted molar refractivity (Wildman–Crippen MR) is 131 cm³/mol. The monoisotopic (exact) mass is 428 g/mol. The molecule has 1 aliphatic heterocycles. The van der Waals surface area contributed by atoms with E-state index in [0.717, 1.165) is 22.8 Å². The van der Waals surface area contributed by atoms with E-state index in [9.17, 15) is 0 Å². The average molecular weight is 429 g/mol. The number of nitrogens with zero attached hydrogens (tertiary/aromatic N) is 4. The van der Waals surface area contributed by atoms with Gasteiger partial charge in [0.25, 0.3) is 0 Å². The van der Waals surface area contributed by atoms with Gasteiger partial charge < -0.3 is 4.90 Å². The summed E-state index contributed by atoms with van der Waals surface area (Å²) in [7, 11) is 2.10. The molecule has 0 amide bonds. The summed E-state index contributed by atoms with van der Waals surface area (Å²) in [5, 5.41) is 0. The maximum Gasteiger partial charge on any atom is 0.249 e. The average Bonchev–Trinajstić information content (AvgIpc) is 2.86. The van der Waals surface area contributed by atoms with Crippen molar-refractivity contribution in [3.63, 3.8) is 0 Å². The van der Waals surface area contributed by atoms with Gasteiger partial charge in [-0.05, 0) is 61.0 Å². The van der Waals surface area contributed by atoms with Crippen molar-refractivity contribution in [1.29, 1.82) is 0 Å². The lowest BCUT2D eigenvalue weighted by molar-refractivity contribution is -0.661. The number of para-hydroxylation sites is 1. The minimum absolute atomic E-state index is 1.08. The molecule has 158 valence electrons. The summed E-state index contributed by atoms with van der Waals surface area (Å²) in [4.78, 5) is 6.62. The van der Waals surface area contributed by atoms with E-state index in [0.29, 0.717) is 0 Å². The van der Waals surface area contributed by atoms with Crippen LogP contribution in [0.4, 0.5) is 17.1 Å². The fourth-order valence-electron chi connectivity index (χ4n) is 4.88. The summed E-state index contributed by atoms with van der Waals surface area (Å²) in [6.45, 7) is 2.21. The molecule has 0 fully saturated rings. The third kappa shape index (κ3) is 3.03. The molecular formula is C29H24N4+2. The van der Waals surface area contributed by atoms with Gasteiger partial charge in [-0.15, -0.1) is 0 Å². The SMILES string of the molecule is Cc1c2cccc1N(c1ccncc1)c1cccc(-c3cccc[n+]3C)c1-[n+]1ccccc1-2. The van der Waals surface area contributed by atoms with Gasteiger partial charge in [0.2, 0.25) is 17.1 Å². The van der Waals surface area contributed by atoms with Gasteiger partial charge in [0.1, 0.15) is 18.3 Å². The Morgan fingerprint density at radius 3 is 2.15 bits per heavy atom. The number of pyridine rings is 3. The summed E-state index contributed by atoms with van der Waals surface area (Å²) in [6, 6.07) is 30.1. The molecule has 0 radical (unpaired) electrons. The van der Waals surface area contributed by atoms with Gasteiger partial charge in [-0.1, -0.05) is 12.1 Å². The van der Waals surface area contributed by atoms with Crippen LogP contribution in [0.15, 0.2) is 110 Å². The van der Waals surface area contributed by atoms with Crippen molar-refractivity contribution in [2.24, 2.45) is 7.05 Å². The lowest BCUT2D eigenvalue weighted by Crippen LogP contribution is -2.38. The normalized spacial score (nSPS) is 11.9. The quantitative estimate of drug-likeness (QED) is 0.335. The molecule has 2 aromatic carbocycles. The number of fused-ring (bicyclic) bond motifs is 6. The highest BCUT2D eigenvalue weighted by Crippen LogP contribution is 2.44. The van der Waals surface area contributed by atoms with Crippen molar-refractivity contribution in [1.82, 2.24) is 4.98 Å². The molecule has 4 nitrogen and oxygen atoms in total. The van der Waals surface area contributed by atoms with Crippen LogP contribution < -0.4 is 14.0 Å². The van der Waals surface area contributed by atoms with Gasteiger partial charge in [0, 0.05) is 42.3 Å². The zero-order valence-corrected chi connectivity index (χ0v) is 18.7. The molecule has 0 saturated carbocycles. The molecule has 1 aliphatic rings. The number of anilines is 3. The summed E-state index contributed by atoms with van der Waals surface area (Å²) >= 11 is 0. The number of hydrogen-bond acceptors (Lipinski definition) is 2. The van der Waals surface area contributed by atoms with Crippen LogP contribution in [0, 0.1) is 6.92 Å². The molecule has 0 spiro atoms. The Bertz CT molecular complexity index is 1490. The second-order valence-corrected chi connectivity index (χ2v) is 8.32. The van der Waals surface area contributed by atoms with E-state index in [1.165, 1.54) is 28.1 Å². The van der Waals surface area contributed by atoms with Crippen LogP contribution in [0.25, 0.3) is 28.2 Å². The first kappa shape index (κ1) is 19.4. The zero-order chi connectivity index (χ0) is 22.4. The third-order valence-corrected chi connectivity index (χ3v) is 6.43. The van der Waals surface area contributed by atoms with E-state index in [4.69, 9.17) is 0 Å². The maximum atomic E-state index is 4.27. The second kappa shape index (κ2) is 7.68. The molecule has 2 bridgehead atoms. The molecule has 33 heavy (non-hydrogen) atoms. The number of rotatable bonds is 2. The van der Waals surface area contributed by atoms with Crippen LogP contribution in [-0.4, -0.2) is 4.98 Å². The molecule has 4 heteroatoms. The molecule has 0 N–H and O–H groups in total. The molecule has 6 rings (SSSR count). The van der Waals surface area contributed by atoms with Gasteiger partial charge in [-0.2, -0.15) is 4.57 Å². The van der Waals surface area contributed by atoms with Crippen molar-refractivity contribution in [2.45, 2.75) is 6.92 Å². The maximum absolute atomic E-state index is 4.27. The minimum Gasteiger partial charge on any atom is -0.304 e. The Kier molecular flexibility index (Phi) is 4.51. The van der Waals surface area contributed by atoms with E-state index >= 15 is 0 Å². The molecule has 0 atom stereocenters. The minimum atomic E-state index is 1.08. The largest absolute Gasteiger partial charge is 0.304 e. The highest BCUT2D eigenvalue weighted by molar-refractivity contribution is 5.89. The predicted octanol–water partition coefficient (Wildman–Crippen LogP) is 5.61. The topological polar surface area (TPSA) is 23.9 Å². The van der Waals surface area contributed by atoms with Gasteiger partial charge in [0.15, 0.2) is 12.4 Å². The Labute approximate surface area is 193 Å². The first-order valence-electron chi connectivity index (χ1n) is 11.1. The second-order valence-electron chi connectivity index (χ2n) is 8.32. The molecule has 0 unspecified atom stereocenters. The smallest absolute Gasteiger partial charge is 0.249 e. The van der Waals surface area contributed by atoms with Crippen molar-refractivity contribution in [3.8, 4) is 28.2 Å². The van der Waals surface area contributed by atoms with Crippen LogP contribution in [-0.2, 0) is 7.05 Å².